The lowest BCUT2D eigenvalue weighted by Gasteiger charge is -2.26. The fourth-order valence-electron chi connectivity index (χ4n) is 3.27. The van der Waals surface area contributed by atoms with Crippen LogP contribution in [0.3, 0.4) is 0 Å². The number of para-hydroxylation sites is 1. The first-order chi connectivity index (χ1) is 13.0. The molecule has 0 atom stereocenters. The Bertz CT molecular complexity index is 808. The van der Waals surface area contributed by atoms with Gasteiger partial charge in [0.15, 0.2) is 5.13 Å². The van der Waals surface area contributed by atoms with Gasteiger partial charge in [0.1, 0.15) is 0 Å². The second kappa shape index (κ2) is 8.95. The van der Waals surface area contributed by atoms with Gasteiger partial charge in [0, 0.05) is 24.4 Å². The summed E-state index contributed by atoms with van der Waals surface area (Å²) < 4.78 is 0. The van der Waals surface area contributed by atoms with Gasteiger partial charge in [-0.3, -0.25) is 14.5 Å². The van der Waals surface area contributed by atoms with Crippen molar-refractivity contribution in [1.29, 1.82) is 0 Å². The van der Waals surface area contributed by atoms with E-state index in [0.29, 0.717) is 10.8 Å². The van der Waals surface area contributed by atoms with Crippen LogP contribution in [0.1, 0.15) is 45.2 Å². The van der Waals surface area contributed by atoms with E-state index in [1.807, 2.05) is 35.7 Å². The third-order valence-corrected chi connectivity index (χ3v) is 5.64. The highest BCUT2D eigenvalue weighted by Crippen LogP contribution is 2.29. The van der Waals surface area contributed by atoms with E-state index in [4.69, 9.17) is 0 Å². The molecule has 1 aliphatic carbocycles. The molecule has 6 heteroatoms. The molecular weight excluding hydrogens is 358 g/mol. The second-order valence-corrected chi connectivity index (χ2v) is 7.88. The van der Waals surface area contributed by atoms with Gasteiger partial charge in [0.05, 0.1) is 11.4 Å². The first-order valence-electron chi connectivity index (χ1n) is 9.33. The lowest BCUT2D eigenvalue weighted by atomic mass is 9.87. The van der Waals surface area contributed by atoms with Crippen molar-refractivity contribution >= 4 is 40.0 Å². The highest BCUT2D eigenvalue weighted by molar-refractivity contribution is 7.14. The van der Waals surface area contributed by atoms with Crippen LogP contribution in [0.25, 0.3) is 6.08 Å². The van der Waals surface area contributed by atoms with Crippen LogP contribution in [0, 0.1) is 5.92 Å². The van der Waals surface area contributed by atoms with Crippen LogP contribution >= 0.6 is 11.3 Å². The van der Waals surface area contributed by atoms with Gasteiger partial charge in [0.2, 0.25) is 11.8 Å². The minimum atomic E-state index is -0.102. The Kier molecular flexibility index (Phi) is 6.40. The zero-order chi connectivity index (χ0) is 19.2. The maximum absolute atomic E-state index is 12.1. The summed E-state index contributed by atoms with van der Waals surface area (Å²) in [6.45, 7) is 3.78. The Morgan fingerprint density at radius 3 is 2.56 bits per heavy atom. The molecule has 3 rings (SSSR count). The molecule has 1 saturated carbocycles. The van der Waals surface area contributed by atoms with Crippen molar-refractivity contribution in [1.82, 2.24) is 10.3 Å². The van der Waals surface area contributed by atoms with E-state index in [0.717, 1.165) is 24.4 Å². The van der Waals surface area contributed by atoms with Crippen LogP contribution in [-0.2, 0) is 9.59 Å². The number of thiazole rings is 1. The number of hydrogen-bond acceptors (Lipinski definition) is 4. The topological polar surface area (TPSA) is 62.3 Å². The molecule has 5 nitrogen and oxygen atoms in total. The molecule has 1 aliphatic rings. The number of nitrogens with one attached hydrogen (secondary N) is 1. The molecule has 1 heterocycles. The smallest absolute Gasteiger partial charge is 0.244 e. The number of nitrogens with zero attached hydrogens (tertiary/aromatic N) is 2. The van der Waals surface area contributed by atoms with Crippen LogP contribution < -0.4 is 10.2 Å². The molecule has 0 aliphatic heterocycles. The minimum absolute atomic E-state index is 0.0874. The number of benzene rings is 1. The number of hydrogen-bond donors (Lipinski definition) is 1. The maximum atomic E-state index is 12.1. The number of rotatable bonds is 5. The Morgan fingerprint density at radius 2 is 1.89 bits per heavy atom. The fraction of sp³-hybridized carbons (Fsp3) is 0.381. The monoisotopic (exact) mass is 383 g/mol. The van der Waals surface area contributed by atoms with Gasteiger partial charge in [0.25, 0.3) is 0 Å². The average molecular weight is 384 g/mol. The number of aromatic nitrogens is 1. The van der Waals surface area contributed by atoms with Gasteiger partial charge < -0.3 is 5.32 Å². The number of carbonyl (C=O) groups excluding carboxylic acids is 2. The molecule has 2 aromatic rings. The molecule has 1 N–H and O–H groups in total. The first-order valence-corrected chi connectivity index (χ1v) is 10.2. The third-order valence-electron chi connectivity index (χ3n) is 4.80. The summed E-state index contributed by atoms with van der Waals surface area (Å²) in [5.41, 5.74) is 1.45. The van der Waals surface area contributed by atoms with Crippen molar-refractivity contribution in [2.45, 2.75) is 45.6 Å². The molecule has 2 amide bonds. The summed E-state index contributed by atoms with van der Waals surface area (Å²) in [4.78, 5) is 30.3. The molecule has 0 spiro atoms. The van der Waals surface area contributed by atoms with E-state index in [-0.39, 0.29) is 17.9 Å². The van der Waals surface area contributed by atoms with E-state index in [1.54, 1.807) is 11.0 Å². The van der Waals surface area contributed by atoms with Crippen LogP contribution in [-0.4, -0.2) is 22.8 Å². The summed E-state index contributed by atoms with van der Waals surface area (Å²) in [6, 6.07) is 9.69. The van der Waals surface area contributed by atoms with Crippen LogP contribution in [0.4, 0.5) is 10.8 Å². The van der Waals surface area contributed by atoms with E-state index in [1.165, 1.54) is 37.2 Å². The molecule has 1 aromatic heterocycles. The predicted molar refractivity (Wildman–Crippen MR) is 110 cm³/mol. The van der Waals surface area contributed by atoms with Crippen molar-refractivity contribution in [3.63, 3.8) is 0 Å². The van der Waals surface area contributed by atoms with Gasteiger partial charge in [-0.25, -0.2) is 4.98 Å². The fourth-order valence-corrected chi connectivity index (χ4v) is 4.13. The lowest BCUT2D eigenvalue weighted by molar-refractivity contribution is -0.117. The van der Waals surface area contributed by atoms with Crippen molar-refractivity contribution in [2.24, 2.45) is 5.92 Å². The van der Waals surface area contributed by atoms with Crippen molar-refractivity contribution in [3.05, 3.63) is 47.5 Å². The second-order valence-electron chi connectivity index (χ2n) is 7.04. The predicted octanol–water partition coefficient (Wildman–Crippen LogP) is 4.54. The molecule has 1 fully saturated rings. The Hall–Kier alpha value is -2.47. The van der Waals surface area contributed by atoms with E-state index < -0.39 is 0 Å². The third kappa shape index (κ3) is 5.26. The molecule has 0 saturated heterocycles. The highest BCUT2D eigenvalue weighted by atomic mass is 32.1. The van der Waals surface area contributed by atoms with Gasteiger partial charge >= 0.3 is 0 Å². The zero-order valence-electron chi connectivity index (χ0n) is 15.7. The zero-order valence-corrected chi connectivity index (χ0v) is 16.5. The van der Waals surface area contributed by atoms with Gasteiger partial charge in [-0.1, -0.05) is 25.1 Å². The first kappa shape index (κ1) is 19.3. The summed E-state index contributed by atoms with van der Waals surface area (Å²) in [6.07, 6.45) is 7.66. The van der Waals surface area contributed by atoms with Crippen molar-refractivity contribution < 1.29 is 9.59 Å². The largest absolute Gasteiger partial charge is 0.350 e. The van der Waals surface area contributed by atoms with Crippen LogP contribution in [0.5, 0.6) is 0 Å². The minimum Gasteiger partial charge on any atom is -0.350 e. The van der Waals surface area contributed by atoms with Gasteiger partial charge in [-0.2, -0.15) is 0 Å². The molecule has 0 bridgehead atoms. The van der Waals surface area contributed by atoms with Crippen LogP contribution in [0.15, 0.2) is 41.8 Å². The van der Waals surface area contributed by atoms with Crippen LogP contribution in [0.2, 0.25) is 0 Å². The molecule has 1 aromatic carbocycles. The summed E-state index contributed by atoms with van der Waals surface area (Å²) in [5, 5.41) is 5.51. The standard InChI is InChI=1S/C21H25N3O2S/c1-15-8-10-17(11-9-15)22-20(26)13-12-18-14-27-21(23-18)24(16(2)25)19-6-4-3-5-7-19/h3-7,12-15,17H,8-11H2,1-2H3,(H,22,26)/b13-12+. The summed E-state index contributed by atoms with van der Waals surface area (Å²) in [7, 11) is 0. The quantitative estimate of drug-likeness (QED) is 0.771. The SMILES string of the molecule is CC(=O)N(c1ccccc1)c1nc(/C=C/C(=O)NC2CCC(C)CC2)cs1. The van der Waals surface area contributed by atoms with E-state index >= 15 is 0 Å². The van der Waals surface area contributed by atoms with Gasteiger partial charge in [-0.15, -0.1) is 11.3 Å². The van der Waals surface area contributed by atoms with Crippen molar-refractivity contribution in [3.8, 4) is 0 Å². The number of amides is 2. The number of anilines is 2. The maximum Gasteiger partial charge on any atom is 0.244 e. The average Bonchev–Trinajstić information content (AvgIpc) is 3.11. The molecule has 27 heavy (non-hydrogen) atoms. The highest BCUT2D eigenvalue weighted by Gasteiger charge is 2.19. The molecule has 0 unspecified atom stereocenters. The van der Waals surface area contributed by atoms with E-state index in [2.05, 4.69) is 17.2 Å². The normalized spacial score (nSPS) is 19.8. The summed E-state index contributed by atoms with van der Waals surface area (Å²) in [5.74, 6) is 0.571. The Labute approximate surface area is 164 Å². The van der Waals surface area contributed by atoms with Crippen molar-refractivity contribution in [2.75, 3.05) is 4.90 Å². The Balaban J connectivity index is 1.63. The number of carbonyl (C=O) groups is 2. The van der Waals surface area contributed by atoms with Gasteiger partial charge in [-0.05, 0) is 49.8 Å². The summed E-state index contributed by atoms with van der Waals surface area (Å²) >= 11 is 1.38. The Morgan fingerprint density at radius 1 is 1.19 bits per heavy atom. The molecule has 0 radical (unpaired) electrons. The van der Waals surface area contributed by atoms with E-state index in [9.17, 15) is 9.59 Å². The molecule has 142 valence electrons. The lowest BCUT2D eigenvalue weighted by Crippen LogP contribution is -2.36. The molecular formula is C21H25N3O2S.